The Balaban J connectivity index is 2.45. The third-order valence-corrected chi connectivity index (χ3v) is 4.39. The molecule has 0 aromatic heterocycles. The summed E-state index contributed by atoms with van der Waals surface area (Å²) in [6, 6.07) is 6.09. The molecular formula is C14H14F2N2O2S. The molecule has 2 aromatic carbocycles. The summed E-state index contributed by atoms with van der Waals surface area (Å²) >= 11 is 0. The molecule has 0 aliphatic heterocycles. The van der Waals surface area contributed by atoms with Crippen LogP contribution in [0.5, 0.6) is 0 Å². The molecule has 0 bridgehead atoms. The molecule has 0 aliphatic rings. The smallest absolute Gasteiger partial charge is 0.264 e. The first-order chi connectivity index (χ1) is 9.70. The minimum Gasteiger partial charge on any atom is -0.398 e. The van der Waals surface area contributed by atoms with E-state index in [1.54, 1.807) is 13.0 Å². The molecule has 0 amide bonds. The highest BCUT2D eigenvalue weighted by Crippen LogP contribution is 2.25. The molecule has 0 spiro atoms. The number of sulfonamides is 1. The lowest BCUT2D eigenvalue weighted by molar-refractivity contribution is 0.590. The number of halogens is 2. The fourth-order valence-electron chi connectivity index (χ4n) is 1.84. The highest BCUT2D eigenvalue weighted by Gasteiger charge is 2.20. The van der Waals surface area contributed by atoms with E-state index in [4.69, 9.17) is 5.73 Å². The van der Waals surface area contributed by atoms with Crippen LogP contribution in [0.15, 0.2) is 35.2 Å². The summed E-state index contributed by atoms with van der Waals surface area (Å²) in [6.45, 7) is 3.14. The molecule has 4 nitrogen and oxygen atoms in total. The average Bonchev–Trinajstić information content (AvgIpc) is 2.35. The van der Waals surface area contributed by atoms with Crippen LogP contribution in [0.2, 0.25) is 0 Å². The Kier molecular flexibility index (Phi) is 3.87. The first kappa shape index (κ1) is 15.2. The molecule has 0 fully saturated rings. The monoisotopic (exact) mass is 312 g/mol. The molecule has 7 heteroatoms. The van der Waals surface area contributed by atoms with Crippen LogP contribution in [-0.2, 0) is 10.0 Å². The normalized spacial score (nSPS) is 11.4. The van der Waals surface area contributed by atoms with Gasteiger partial charge >= 0.3 is 0 Å². The Morgan fingerprint density at radius 1 is 1.05 bits per heavy atom. The van der Waals surface area contributed by atoms with Crippen molar-refractivity contribution in [3.05, 3.63) is 53.1 Å². The number of nitrogens with one attached hydrogen (secondary N) is 1. The Morgan fingerprint density at radius 2 is 1.71 bits per heavy atom. The van der Waals surface area contributed by atoms with E-state index in [1.807, 2.05) is 4.72 Å². The van der Waals surface area contributed by atoms with Crippen LogP contribution >= 0.6 is 0 Å². The summed E-state index contributed by atoms with van der Waals surface area (Å²) in [6.07, 6.45) is 0. The molecule has 0 heterocycles. The van der Waals surface area contributed by atoms with Crippen molar-refractivity contribution in [2.75, 3.05) is 10.5 Å². The van der Waals surface area contributed by atoms with Crippen LogP contribution in [0.4, 0.5) is 20.2 Å². The van der Waals surface area contributed by atoms with E-state index in [-0.39, 0.29) is 16.1 Å². The van der Waals surface area contributed by atoms with Crippen LogP contribution < -0.4 is 10.5 Å². The molecular weight excluding hydrogens is 298 g/mol. The van der Waals surface area contributed by atoms with Gasteiger partial charge in [-0.05, 0) is 43.2 Å². The van der Waals surface area contributed by atoms with E-state index < -0.39 is 27.3 Å². The maximum Gasteiger partial charge on any atom is 0.264 e. The van der Waals surface area contributed by atoms with Gasteiger partial charge in [-0.3, -0.25) is 4.72 Å². The Hall–Kier alpha value is -2.15. The van der Waals surface area contributed by atoms with Gasteiger partial charge < -0.3 is 5.73 Å². The van der Waals surface area contributed by atoms with Crippen LogP contribution in [0.3, 0.4) is 0 Å². The molecule has 2 aromatic rings. The topological polar surface area (TPSA) is 72.2 Å². The number of benzene rings is 2. The summed E-state index contributed by atoms with van der Waals surface area (Å²) in [4.78, 5) is -0.187. The van der Waals surface area contributed by atoms with E-state index in [0.29, 0.717) is 0 Å². The van der Waals surface area contributed by atoms with Gasteiger partial charge in [-0.15, -0.1) is 0 Å². The number of nitrogen functional groups attached to an aromatic ring is 1. The van der Waals surface area contributed by atoms with Gasteiger partial charge in [0.25, 0.3) is 10.0 Å². The highest BCUT2D eigenvalue weighted by molar-refractivity contribution is 7.92. The van der Waals surface area contributed by atoms with E-state index in [9.17, 15) is 17.2 Å². The number of anilines is 2. The van der Waals surface area contributed by atoms with E-state index in [2.05, 4.69) is 0 Å². The minimum atomic E-state index is -4.09. The summed E-state index contributed by atoms with van der Waals surface area (Å²) in [5.41, 5.74) is 6.12. The second-order valence-electron chi connectivity index (χ2n) is 4.73. The molecule has 0 saturated carbocycles. The van der Waals surface area contributed by atoms with Crippen molar-refractivity contribution < 1.29 is 17.2 Å². The number of hydrogen-bond donors (Lipinski definition) is 2. The van der Waals surface area contributed by atoms with Crippen LogP contribution in [0, 0.1) is 25.5 Å². The third-order valence-electron chi connectivity index (χ3n) is 2.95. The maximum absolute atomic E-state index is 13.7. The largest absolute Gasteiger partial charge is 0.398 e. The maximum atomic E-state index is 13.7. The summed E-state index contributed by atoms with van der Waals surface area (Å²) in [7, 11) is -4.09. The fourth-order valence-corrected chi connectivity index (χ4v) is 3.01. The van der Waals surface area contributed by atoms with Crippen molar-refractivity contribution in [3.63, 3.8) is 0 Å². The molecule has 0 unspecified atom stereocenters. The van der Waals surface area contributed by atoms with Gasteiger partial charge in [0.1, 0.15) is 16.5 Å². The molecule has 0 aliphatic carbocycles. The Bertz CT molecular complexity index is 805. The molecule has 112 valence electrons. The van der Waals surface area contributed by atoms with Gasteiger partial charge in [0.15, 0.2) is 0 Å². The van der Waals surface area contributed by atoms with Gasteiger partial charge in [0.05, 0.1) is 11.4 Å². The molecule has 21 heavy (non-hydrogen) atoms. The highest BCUT2D eigenvalue weighted by atomic mass is 32.2. The average molecular weight is 312 g/mol. The fraction of sp³-hybridized carbons (Fsp3) is 0.143. The van der Waals surface area contributed by atoms with Crippen molar-refractivity contribution in [1.29, 1.82) is 0 Å². The predicted octanol–water partition coefficient (Wildman–Crippen LogP) is 2.96. The van der Waals surface area contributed by atoms with E-state index in [1.165, 1.54) is 19.1 Å². The second kappa shape index (κ2) is 5.33. The zero-order valence-electron chi connectivity index (χ0n) is 11.4. The van der Waals surface area contributed by atoms with Crippen molar-refractivity contribution in [1.82, 2.24) is 0 Å². The van der Waals surface area contributed by atoms with Gasteiger partial charge in [-0.1, -0.05) is 6.07 Å². The van der Waals surface area contributed by atoms with Crippen LogP contribution in [0.25, 0.3) is 0 Å². The lowest BCUT2D eigenvalue weighted by Gasteiger charge is -2.12. The van der Waals surface area contributed by atoms with Crippen LogP contribution in [-0.4, -0.2) is 8.42 Å². The van der Waals surface area contributed by atoms with Crippen molar-refractivity contribution in [3.8, 4) is 0 Å². The number of rotatable bonds is 3. The zero-order valence-corrected chi connectivity index (χ0v) is 12.3. The van der Waals surface area contributed by atoms with Gasteiger partial charge in [-0.25, -0.2) is 17.2 Å². The SMILES string of the molecule is Cc1ccc(S(=O)(=O)Nc2cc(F)c(C)cc2F)c(N)c1. The van der Waals surface area contributed by atoms with E-state index >= 15 is 0 Å². The van der Waals surface area contributed by atoms with Gasteiger partial charge in [0, 0.05) is 6.07 Å². The molecule has 3 N–H and O–H groups in total. The lowest BCUT2D eigenvalue weighted by atomic mass is 10.2. The first-order valence-corrected chi connectivity index (χ1v) is 7.53. The zero-order chi connectivity index (χ0) is 15.8. The first-order valence-electron chi connectivity index (χ1n) is 6.05. The Morgan fingerprint density at radius 3 is 2.33 bits per heavy atom. The van der Waals surface area contributed by atoms with Crippen LogP contribution in [0.1, 0.15) is 11.1 Å². The number of aryl methyl sites for hydroxylation is 2. The summed E-state index contributed by atoms with van der Waals surface area (Å²) in [5, 5.41) is 0. The standard InChI is InChI=1S/C14H14F2N2O2S/c1-8-3-4-14(12(17)5-8)21(19,20)18-13-7-10(15)9(2)6-11(13)16/h3-7,18H,17H2,1-2H3. The number of nitrogens with two attached hydrogens (primary N) is 1. The quantitative estimate of drug-likeness (QED) is 0.856. The van der Waals surface area contributed by atoms with Crippen molar-refractivity contribution >= 4 is 21.4 Å². The number of hydrogen-bond acceptors (Lipinski definition) is 3. The predicted molar refractivity (Wildman–Crippen MR) is 77.5 cm³/mol. The van der Waals surface area contributed by atoms with Crippen molar-refractivity contribution in [2.45, 2.75) is 18.7 Å². The molecule has 2 rings (SSSR count). The van der Waals surface area contributed by atoms with E-state index in [0.717, 1.165) is 17.7 Å². The molecule has 0 radical (unpaired) electrons. The minimum absolute atomic E-state index is 0.0375. The summed E-state index contributed by atoms with van der Waals surface area (Å²) < 4.78 is 53.6. The second-order valence-corrected chi connectivity index (χ2v) is 6.38. The van der Waals surface area contributed by atoms with Gasteiger partial charge in [-0.2, -0.15) is 0 Å². The third kappa shape index (κ3) is 3.13. The molecule has 0 saturated heterocycles. The Labute approximate surface area is 121 Å². The summed E-state index contributed by atoms with van der Waals surface area (Å²) in [5.74, 6) is -1.56. The lowest BCUT2D eigenvalue weighted by Crippen LogP contribution is -2.16. The molecule has 0 atom stereocenters. The van der Waals surface area contributed by atoms with Crippen molar-refractivity contribution in [2.24, 2.45) is 0 Å². The van der Waals surface area contributed by atoms with Gasteiger partial charge in [0.2, 0.25) is 0 Å².